The Bertz CT molecular complexity index is 4920. The van der Waals surface area contributed by atoms with Crippen molar-refractivity contribution in [2.45, 2.75) is 245 Å². The molecule has 23 rings (SSSR count). The summed E-state index contributed by atoms with van der Waals surface area (Å²) in [5, 5.41) is 55.7. The Morgan fingerprint density at radius 1 is 0.466 bits per heavy atom. The van der Waals surface area contributed by atoms with Gasteiger partial charge in [0.1, 0.15) is 31.5 Å². The van der Waals surface area contributed by atoms with Crippen LogP contribution >= 0.6 is 0 Å². The number of likely N-dealkylation sites (tertiary alicyclic amines) is 3. The van der Waals surface area contributed by atoms with Gasteiger partial charge < -0.3 is 58.4 Å². The van der Waals surface area contributed by atoms with E-state index in [4.69, 9.17) is 33.0 Å². The van der Waals surface area contributed by atoms with Crippen LogP contribution in [-0.4, -0.2) is 174 Å². The van der Waals surface area contributed by atoms with E-state index in [1.807, 2.05) is 99.0 Å². The van der Waals surface area contributed by atoms with Crippen LogP contribution in [0, 0.1) is 42.4 Å². The van der Waals surface area contributed by atoms with Crippen molar-refractivity contribution in [1.29, 1.82) is 0 Å². The zero-order chi connectivity index (χ0) is 76.1. The molecule has 0 radical (unpaired) electrons. The number of rotatable bonds is 20. The topological polar surface area (TPSA) is 236 Å². The SMILES string of the molecule is C.C.C.CO.Cc1ccc(S(=O)(=O)OC[C@H]2CC[C@@]3(O)[C@H]4Cc5ccc(OCc6ccccc6)c6c5[C@@]3(CCN4CC3CC3)[C@H]2O6)cc1.O[C@@]12CC[C@H](Cn3ccnc3)[C@@H]3Oc4c(OCc5ccccc5)ccc5c4[C@@]31CCN(CC1CC1)[C@@H]2C5.Oc1ccc2c3c1O[C@H]1[C@@H](Cn4ccnc4)CC[C@@]4(O)[C@@H](C2)N(CC2CC2)CC[C@]314.[Pd]. The summed E-state index contributed by atoms with van der Waals surface area (Å²) in [6, 6.07) is 39.9. The maximum atomic E-state index is 13.2. The minimum absolute atomic E-state index is 0. The molecule has 8 aromatic rings. The third-order valence-corrected chi connectivity index (χ3v) is 31.2. The number of aliphatic hydroxyl groups is 4. The zero-order valence-corrected chi connectivity index (χ0v) is 67.2. The molecule has 2 aromatic heterocycles. The van der Waals surface area contributed by atoms with Crippen molar-refractivity contribution in [3.8, 4) is 34.5 Å². The van der Waals surface area contributed by atoms with Gasteiger partial charge in [-0.05, 0) is 218 Å². The van der Waals surface area contributed by atoms with Gasteiger partial charge in [0, 0.05) is 138 Å². The predicted molar refractivity (Wildman–Crippen MR) is 440 cm³/mol. The summed E-state index contributed by atoms with van der Waals surface area (Å²) in [6.07, 6.45) is 28.7. The van der Waals surface area contributed by atoms with Crippen LogP contribution in [0.15, 0.2) is 164 Å². The molecule has 5 N–H and O–H groups in total. The van der Waals surface area contributed by atoms with Crippen LogP contribution in [0.25, 0.3) is 0 Å². The first kappa shape index (κ1) is 82.5. The monoisotopic (exact) mass is 1690 g/mol. The van der Waals surface area contributed by atoms with Crippen molar-refractivity contribution in [1.82, 2.24) is 33.8 Å². The summed E-state index contributed by atoms with van der Waals surface area (Å²) < 4.78 is 69.7. The number of phenolic OH excluding ortho intramolecular Hbond substituents is 1. The average Bonchev–Trinajstić information content (AvgIpc) is 1.50. The summed E-state index contributed by atoms with van der Waals surface area (Å²) in [4.78, 5) is 16.4. The smallest absolute Gasteiger partial charge is 0.296 e. The summed E-state index contributed by atoms with van der Waals surface area (Å²) in [6.45, 7) is 10.8. The number of aryl methyl sites for hydroxylation is 1. The van der Waals surface area contributed by atoms with Crippen molar-refractivity contribution in [3.63, 3.8) is 0 Å². The molecule has 9 fully saturated rings. The van der Waals surface area contributed by atoms with Gasteiger partial charge in [0.15, 0.2) is 34.5 Å². The van der Waals surface area contributed by atoms with E-state index >= 15 is 0 Å². The maximum absolute atomic E-state index is 13.2. The Hall–Kier alpha value is -7.17. The second-order valence-electron chi connectivity index (χ2n) is 35.8. The van der Waals surface area contributed by atoms with Crippen molar-refractivity contribution >= 4 is 10.1 Å². The average molecular weight is 1690 g/mol. The Kier molecular flexibility index (Phi) is 22.6. The van der Waals surface area contributed by atoms with Gasteiger partial charge in [-0.25, -0.2) is 9.97 Å². The second kappa shape index (κ2) is 31.8. The van der Waals surface area contributed by atoms with Gasteiger partial charge >= 0.3 is 0 Å². The quantitative estimate of drug-likeness (QED) is 0.0352. The van der Waals surface area contributed by atoms with Crippen LogP contribution < -0.4 is 23.7 Å². The van der Waals surface area contributed by atoms with Crippen LogP contribution in [0.1, 0.15) is 169 Å². The molecule has 6 saturated carbocycles. The predicted octanol–water partition coefficient (Wildman–Crippen LogP) is 13.5. The third-order valence-electron chi connectivity index (χ3n) is 29.9. The Labute approximate surface area is 699 Å². The number of aliphatic hydroxyl groups excluding tert-OH is 1. The molecule has 22 heteroatoms. The van der Waals surface area contributed by atoms with Gasteiger partial charge in [-0.15, -0.1) is 0 Å². The number of phenols is 1. The molecular formula is C94H119N7O13PdS. The number of piperidine rings is 3. The van der Waals surface area contributed by atoms with Gasteiger partial charge in [0.2, 0.25) is 0 Å². The Morgan fingerprint density at radius 2 is 0.845 bits per heavy atom. The van der Waals surface area contributed by atoms with Gasteiger partial charge in [0.25, 0.3) is 10.1 Å². The van der Waals surface area contributed by atoms with Crippen LogP contribution in [0.2, 0.25) is 0 Å². The molecule has 3 spiro atoms. The minimum Gasteiger partial charge on any atom is -0.504 e. The number of ether oxygens (including phenoxy) is 5. The van der Waals surface area contributed by atoms with Crippen molar-refractivity contribution < 1.29 is 82.2 Å². The van der Waals surface area contributed by atoms with E-state index in [0.29, 0.717) is 43.5 Å². The molecule has 15 atom stereocenters. The Morgan fingerprint density at radius 3 is 1.24 bits per heavy atom. The van der Waals surface area contributed by atoms with E-state index in [1.165, 1.54) is 60.8 Å². The standard InChI is InChI=1S/C35H39NO6S.C31H35N3O3.C24H29N3O3.CH4O.3CH4.Pd/c1-23-7-12-28(13-8-23)43(38,39)41-22-27-15-16-35(37)30-19-26-11-14-29(40-21-25-5-3-2-4-6-25)32-31(26)34(35,33(27)42-32)17-18-36(30)20-24-9-10-24;35-31-11-10-24(18-33-15-13-32-20-33)29-30(31)12-14-34(17-21-6-7-21)26(31)16-23-8-9-25(28(37-29)27(23)30)36-19-22-4-2-1-3-5-22;28-18-4-3-16-11-19-24(29)6-5-17(13-26-10-8-25-14-26)22-23(24,20(16)21(18)30-22)7-9-27(19)12-15-1-2-15;1-2;;;;/h2-8,11-14,24,27,30,33,37H,9-10,15-22H2,1H3;1-5,8-9,13,15,20-21,24,26,29,35H,6-7,10-12,14,16-19H2;3-4,8,10,14-15,17,19,22,28-29H,1-2,5-7,9,11-13H2;2H,1H3;3*1H4;/t27-,30-,33+,34+,35-;24-,26-,29+,30+,31-;17-,19-,22+,23+,24-;;;;;/m111...../s1. The summed E-state index contributed by atoms with van der Waals surface area (Å²) in [7, 11) is -2.93. The largest absolute Gasteiger partial charge is 0.504 e. The fourth-order valence-corrected chi connectivity index (χ4v) is 25.2. The number of nitrogens with zero attached hydrogens (tertiary/aromatic N) is 7. The molecule has 0 amide bonds. The first-order chi connectivity index (χ1) is 54.5. The summed E-state index contributed by atoms with van der Waals surface area (Å²) in [5.41, 5.74) is 6.54. The second-order valence-corrected chi connectivity index (χ2v) is 37.5. The summed E-state index contributed by atoms with van der Waals surface area (Å²) >= 11 is 0. The van der Waals surface area contributed by atoms with E-state index in [2.05, 4.69) is 70.2 Å². The van der Waals surface area contributed by atoms with Crippen molar-refractivity contribution in [3.05, 3.63) is 209 Å². The molecular weight excluding hydrogens is 1570 g/mol. The number of aromatic nitrogens is 4. The minimum atomic E-state index is -3.93. The van der Waals surface area contributed by atoms with Crippen LogP contribution in [0.5, 0.6) is 34.5 Å². The third kappa shape index (κ3) is 13.3. The first-order valence-corrected chi connectivity index (χ1v) is 43.2. The fourth-order valence-electron chi connectivity index (χ4n) is 24.3. The van der Waals surface area contributed by atoms with Gasteiger partial charge in [-0.3, -0.25) is 18.9 Å². The number of hydrogen-bond donors (Lipinski definition) is 5. The van der Waals surface area contributed by atoms with Crippen LogP contribution in [0.4, 0.5) is 0 Å². The maximum Gasteiger partial charge on any atom is 0.296 e. The van der Waals surface area contributed by atoms with E-state index in [9.17, 15) is 28.8 Å². The summed E-state index contributed by atoms with van der Waals surface area (Å²) in [5.74, 6) is 6.73. The molecule has 15 aliphatic rings. The van der Waals surface area contributed by atoms with Crippen molar-refractivity contribution in [2.24, 2.45) is 35.5 Å². The van der Waals surface area contributed by atoms with Gasteiger partial charge in [0.05, 0.1) is 57.2 Å². The number of imidazole rings is 2. The molecule has 624 valence electrons. The van der Waals surface area contributed by atoms with Crippen LogP contribution in [-0.2, 0) is 96.5 Å². The number of benzene rings is 6. The molecule has 9 aliphatic carbocycles. The molecule has 6 aliphatic heterocycles. The number of aromatic hydroxyl groups is 1. The van der Waals surface area contributed by atoms with E-state index in [-0.39, 0.29) is 108 Å². The molecule has 3 saturated heterocycles. The molecule has 20 nitrogen and oxygen atoms in total. The fraction of sp³-hybridized carbons (Fsp3) is 0.553. The first-order valence-electron chi connectivity index (χ1n) is 41.8. The molecule has 0 unspecified atom stereocenters. The molecule has 8 heterocycles. The van der Waals surface area contributed by atoms with Gasteiger partial charge in [-0.1, -0.05) is 119 Å². The number of hydrogen-bond acceptors (Lipinski definition) is 18. The van der Waals surface area contributed by atoms with E-state index in [0.717, 1.165) is 186 Å². The zero-order valence-electron chi connectivity index (χ0n) is 64.8. The van der Waals surface area contributed by atoms with E-state index < -0.39 is 43.9 Å². The Balaban J connectivity index is 0.000000129. The molecule has 116 heavy (non-hydrogen) atoms. The van der Waals surface area contributed by atoms with Crippen molar-refractivity contribution in [2.75, 3.05) is 53.0 Å². The van der Waals surface area contributed by atoms with E-state index in [1.54, 1.807) is 30.3 Å². The molecule has 6 aromatic carbocycles. The normalized spacial score (nSPS) is 32.3. The molecule has 6 bridgehead atoms. The van der Waals surface area contributed by atoms with Gasteiger partial charge in [-0.2, -0.15) is 8.42 Å². The van der Waals surface area contributed by atoms with Crippen LogP contribution in [0.3, 0.4) is 0 Å².